The molecule has 27 heavy (non-hydrogen) atoms. The number of rotatable bonds is 3. The third kappa shape index (κ3) is 3.29. The molecule has 4 rings (SSSR count). The van der Waals surface area contributed by atoms with Gasteiger partial charge in [0, 0.05) is 5.02 Å². The Kier molecular flexibility index (Phi) is 4.61. The summed E-state index contributed by atoms with van der Waals surface area (Å²) >= 11 is 6.26. The minimum absolute atomic E-state index is 0.0892. The van der Waals surface area contributed by atoms with Crippen molar-refractivity contribution in [2.75, 3.05) is 0 Å². The van der Waals surface area contributed by atoms with Crippen LogP contribution >= 0.6 is 11.6 Å². The number of benzene rings is 3. The molecule has 0 amide bonds. The summed E-state index contributed by atoms with van der Waals surface area (Å²) in [4.78, 5) is 18.0. The molecule has 0 unspecified atom stereocenters. The maximum atomic E-state index is 13.2. The molecule has 1 aromatic heterocycles. The van der Waals surface area contributed by atoms with Gasteiger partial charge in [0.25, 0.3) is 5.56 Å². The Hall–Kier alpha value is -3.17. The molecule has 4 heteroatoms. The number of para-hydroxylation sites is 2. The summed E-state index contributed by atoms with van der Waals surface area (Å²) in [5.74, 6) is 0.563. The second-order valence-corrected chi connectivity index (χ2v) is 6.68. The lowest BCUT2D eigenvalue weighted by Crippen LogP contribution is -2.23. The van der Waals surface area contributed by atoms with Crippen molar-refractivity contribution in [1.82, 2.24) is 9.55 Å². The quantitative estimate of drug-likeness (QED) is 0.474. The molecule has 3 nitrogen and oxygen atoms in total. The summed E-state index contributed by atoms with van der Waals surface area (Å²) in [5, 5.41) is 1.25. The molecular formula is C23H17ClN2O. The lowest BCUT2D eigenvalue weighted by Gasteiger charge is -2.13. The number of aromatic nitrogens is 2. The van der Waals surface area contributed by atoms with E-state index in [-0.39, 0.29) is 5.56 Å². The molecule has 4 aromatic rings. The minimum atomic E-state index is -0.0892. The summed E-state index contributed by atoms with van der Waals surface area (Å²) in [6.07, 6.45) is 3.72. The van der Waals surface area contributed by atoms with Gasteiger partial charge in [0.1, 0.15) is 5.82 Å². The van der Waals surface area contributed by atoms with Crippen LogP contribution in [0.3, 0.4) is 0 Å². The van der Waals surface area contributed by atoms with Crippen LogP contribution in [-0.4, -0.2) is 9.55 Å². The Morgan fingerprint density at radius 1 is 0.889 bits per heavy atom. The summed E-state index contributed by atoms with van der Waals surface area (Å²) in [5.41, 5.74) is 3.28. The molecule has 0 N–H and O–H groups in total. The first kappa shape index (κ1) is 17.3. The second kappa shape index (κ2) is 7.22. The van der Waals surface area contributed by atoms with E-state index in [1.165, 1.54) is 0 Å². The van der Waals surface area contributed by atoms with Crippen LogP contribution < -0.4 is 5.56 Å². The van der Waals surface area contributed by atoms with Gasteiger partial charge in [0.2, 0.25) is 0 Å². The lowest BCUT2D eigenvalue weighted by molar-refractivity contribution is 0.934. The Balaban J connectivity index is 1.99. The third-order valence-electron chi connectivity index (χ3n) is 4.48. The highest BCUT2D eigenvalue weighted by Gasteiger charge is 2.12. The number of nitrogens with zero attached hydrogens (tertiary/aromatic N) is 2. The molecule has 3 aromatic carbocycles. The molecule has 0 fully saturated rings. The van der Waals surface area contributed by atoms with Gasteiger partial charge in [-0.3, -0.25) is 9.36 Å². The van der Waals surface area contributed by atoms with Crippen LogP contribution in [0.15, 0.2) is 77.6 Å². The van der Waals surface area contributed by atoms with Gasteiger partial charge >= 0.3 is 0 Å². The monoisotopic (exact) mass is 372 g/mol. The first-order chi connectivity index (χ1) is 13.1. The van der Waals surface area contributed by atoms with Crippen molar-refractivity contribution >= 4 is 34.7 Å². The van der Waals surface area contributed by atoms with Crippen molar-refractivity contribution in [2.24, 2.45) is 0 Å². The lowest BCUT2D eigenvalue weighted by atomic mass is 10.1. The molecule has 0 atom stereocenters. The van der Waals surface area contributed by atoms with Crippen molar-refractivity contribution < 1.29 is 0 Å². The van der Waals surface area contributed by atoms with Gasteiger partial charge in [-0.2, -0.15) is 0 Å². The van der Waals surface area contributed by atoms with Crippen LogP contribution in [0.25, 0.3) is 28.7 Å². The van der Waals surface area contributed by atoms with Crippen LogP contribution in [0.4, 0.5) is 0 Å². The number of fused-ring (bicyclic) bond motifs is 1. The molecule has 0 aliphatic rings. The molecule has 132 valence electrons. The number of aryl methyl sites for hydroxylation is 1. The first-order valence-corrected chi connectivity index (χ1v) is 9.03. The Labute approximate surface area is 162 Å². The van der Waals surface area contributed by atoms with E-state index in [1.54, 1.807) is 10.6 Å². The van der Waals surface area contributed by atoms with E-state index in [4.69, 9.17) is 16.6 Å². The van der Waals surface area contributed by atoms with E-state index in [2.05, 4.69) is 0 Å². The van der Waals surface area contributed by atoms with E-state index < -0.39 is 0 Å². The van der Waals surface area contributed by atoms with E-state index >= 15 is 0 Å². The first-order valence-electron chi connectivity index (χ1n) is 8.65. The van der Waals surface area contributed by atoms with E-state index in [1.807, 2.05) is 85.8 Å². The van der Waals surface area contributed by atoms with Crippen LogP contribution in [0.5, 0.6) is 0 Å². The normalized spacial score (nSPS) is 11.3. The van der Waals surface area contributed by atoms with Crippen molar-refractivity contribution in [2.45, 2.75) is 6.92 Å². The van der Waals surface area contributed by atoms with Gasteiger partial charge in [0.05, 0.1) is 16.6 Å². The largest absolute Gasteiger partial charge is 0.268 e. The maximum Gasteiger partial charge on any atom is 0.266 e. The molecule has 0 saturated carbocycles. The van der Waals surface area contributed by atoms with Crippen LogP contribution in [0, 0.1) is 6.92 Å². The van der Waals surface area contributed by atoms with Crippen molar-refractivity contribution in [1.29, 1.82) is 0 Å². The molecule has 1 heterocycles. The fourth-order valence-corrected chi connectivity index (χ4v) is 3.28. The smallest absolute Gasteiger partial charge is 0.266 e. The molecular weight excluding hydrogens is 356 g/mol. The van der Waals surface area contributed by atoms with Gasteiger partial charge in [-0.15, -0.1) is 0 Å². The zero-order valence-corrected chi connectivity index (χ0v) is 15.5. The standard InChI is InChI=1S/C23H17ClN2O/c1-16-8-2-7-13-21(16)26-22(15-14-17-9-3-5-11-19(17)24)25-20-12-6-4-10-18(20)23(26)27/h2-15H,1H3. The molecule has 0 radical (unpaired) electrons. The summed E-state index contributed by atoms with van der Waals surface area (Å²) in [6, 6.07) is 22.8. The Morgan fingerprint density at radius 3 is 2.41 bits per heavy atom. The predicted octanol–water partition coefficient (Wildman–Crippen LogP) is 5.52. The molecule has 0 aliphatic heterocycles. The van der Waals surface area contributed by atoms with Gasteiger partial charge in [0.15, 0.2) is 0 Å². The second-order valence-electron chi connectivity index (χ2n) is 6.27. The molecule has 0 saturated heterocycles. The number of hydrogen-bond donors (Lipinski definition) is 0. The summed E-state index contributed by atoms with van der Waals surface area (Å²) < 4.78 is 1.66. The van der Waals surface area contributed by atoms with E-state index in [0.717, 1.165) is 16.8 Å². The highest BCUT2D eigenvalue weighted by Crippen LogP contribution is 2.20. The van der Waals surface area contributed by atoms with Gasteiger partial charge in [-0.05, 0) is 54.5 Å². The number of hydrogen-bond acceptors (Lipinski definition) is 2. The van der Waals surface area contributed by atoms with Crippen LogP contribution in [0.2, 0.25) is 5.02 Å². The Bertz CT molecular complexity index is 1220. The molecule has 0 bridgehead atoms. The average Bonchev–Trinajstić information content (AvgIpc) is 2.68. The van der Waals surface area contributed by atoms with Crippen molar-refractivity contribution in [3.05, 3.63) is 105 Å². The topological polar surface area (TPSA) is 34.9 Å². The van der Waals surface area contributed by atoms with E-state index in [9.17, 15) is 4.79 Å². The summed E-state index contributed by atoms with van der Waals surface area (Å²) in [7, 11) is 0. The molecule has 0 aliphatic carbocycles. The Morgan fingerprint density at radius 2 is 1.59 bits per heavy atom. The maximum absolute atomic E-state index is 13.2. The van der Waals surface area contributed by atoms with Crippen molar-refractivity contribution in [3.63, 3.8) is 0 Å². The SMILES string of the molecule is Cc1ccccc1-n1c(C=Cc2ccccc2Cl)nc2ccccc2c1=O. The highest BCUT2D eigenvalue weighted by atomic mass is 35.5. The zero-order valence-electron chi connectivity index (χ0n) is 14.8. The average molecular weight is 373 g/mol. The van der Waals surface area contributed by atoms with Gasteiger partial charge in [-0.25, -0.2) is 4.98 Å². The van der Waals surface area contributed by atoms with Crippen molar-refractivity contribution in [3.8, 4) is 5.69 Å². The third-order valence-corrected chi connectivity index (χ3v) is 4.82. The predicted molar refractivity (Wildman–Crippen MR) is 112 cm³/mol. The summed E-state index contributed by atoms with van der Waals surface area (Å²) in [6.45, 7) is 1.98. The highest BCUT2D eigenvalue weighted by molar-refractivity contribution is 6.32. The van der Waals surface area contributed by atoms with Gasteiger partial charge in [-0.1, -0.05) is 60.1 Å². The van der Waals surface area contributed by atoms with Crippen LogP contribution in [0.1, 0.15) is 17.0 Å². The van der Waals surface area contributed by atoms with Crippen LogP contribution in [-0.2, 0) is 0 Å². The fourth-order valence-electron chi connectivity index (χ4n) is 3.08. The minimum Gasteiger partial charge on any atom is -0.268 e. The fraction of sp³-hybridized carbons (Fsp3) is 0.0435. The van der Waals surface area contributed by atoms with Gasteiger partial charge < -0.3 is 0 Å². The number of halogens is 1. The molecule has 0 spiro atoms. The van der Waals surface area contributed by atoms with E-state index in [0.29, 0.717) is 21.7 Å². The zero-order chi connectivity index (χ0) is 18.8.